The summed E-state index contributed by atoms with van der Waals surface area (Å²) in [5.41, 5.74) is 4.64. The van der Waals surface area contributed by atoms with E-state index in [0.29, 0.717) is 0 Å². The summed E-state index contributed by atoms with van der Waals surface area (Å²) in [5, 5.41) is 0. The minimum Gasteiger partial charge on any atom is -0.484 e. The van der Waals surface area contributed by atoms with Crippen molar-refractivity contribution in [2.45, 2.75) is 33.2 Å². The molecule has 0 fully saturated rings. The average Bonchev–Trinajstić information content (AvgIpc) is 2.84. The Morgan fingerprint density at radius 3 is 2.73 bits per heavy atom. The molecule has 0 aliphatic carbocycles. The van der Waals surface area contributed by atoms with Gasteiger partial charge in [-0.1, -0.05) is 24.3 Å². The van der Waals surface area contributed by atoms with E-state index in [0.717, 1.165) is 17.9 Å². The monoisotopic (exact) mass is 295 g/mol. The van der Waals surface area contributed by atoms with Gasteiger partial charge in [-0.2, -0.15) is 0 Å². The van der Waals surface area contributed by atoms with Crippen LogP contribution in [0.15, 0.2) is 42.5 Å². The molecule has 22 heavy (non-hydrogen) atoms. The molecule has 2 aromatic rings. The number of benzene rings is 2. The summed E-state index contributed by atoms with van der Waals surface area (Å²) in [6, 6.07) is 14.2. The molecule has 0 N–H and O–H groups in total. The van der Waals surface area contributed by atoms with Crippen LogP contribution in [0.5, 0.6) is 5.75 Å². The molecule has 1 heterocycles. The van der Waals surface area contributed by atoms with E-state index in [1.165, 1.54) is 16.7 Å². The molecular weight excluding hydrogens is 274 g/mol. The number of fused-ring (bicyclic) bond motifs is 1. The molecule has 0 spiro atoms. The van der Waals surface area contributed by atoms with Gasteiger partial charge in [-0.05, 0) is 62.1 Å². The van der Waals surface area contributed by atoms with Crippen molar-refractivity contribution in [3.05, 3.63) is 59.2 Å². The first kappa shape index (κ1) is 14.6. The van der Waals surface area contributed by atoms with Crippen LogP contribution < -0.4 is 9.64 Å². The molecule has 1 atom stereocenters. The van der Waals surface area contributed by atoms with E-state index in [2.05, 4.69) is 19.9 Å². The summed E-state index contributed by atoms with van der Waals surface area (Å²) in [6.45, 7) is 6.25. The fourth-order valence-corrected chi connectivity index (χ4v) is 2.96. The van der Waals surface area contributed by atoms with Crippen LogP contribution in [0.3, 0.4) is 0 Å². The lowest BCUT2D eigenvalue weighted by molar-refractivity contribution is -0.120. The number of nitrogens with zero attached hydrogens (tertiary/aromatic N) is 1. The van der Waals surface area contributed by atoms with Gasteiger partial charge in [0.15, 0.2) is 6.61 Å². The van der Waals surface area contributed by atoms with Crippen molar-refractivity contribution < 1.29 is 9.53 Å². The Labute approximate surface area is 131 Å². The van der Waals surface area contributed by atoms with Crippen molar-refractivity contribution in [1.82, 2.24) is 0 Å². The summed E-state index contributed by atoms with van der Waals surface area (Å²) in [7, 11) is 0. The largest absolute Gasteiger partial charge is 0.484 e. The van der Waals surface area contributed by atoms with Gasteiger partial charge >= 0.3 is 0 Å². The SMILES string of the molecule is Cc1ccc(OCC(=O)N2c3ccccc3C[C@H]2C)cc1C. The van der Waals surface area contributed by atoms with Crippen LogP contribution in [0.4, 0.5) is 5.69 Å². The molecule has 0 unspecified atom stereocenters. The van der Waals surface area contributed by atoms with Gasteiger partial charge in [0.25, 0.3) is 5.91 Å². The van der Waals surface area contributed by atoms with Crippen LogP contribution in [-0.4, -0.2) is 18.6 Å². The van der Waals surface area contributed by atoms with Crippen molar-refractivity contribution in [3.8, 4) is 5.75 Å². The number of hydrogen-bond acceptors (Lipinski definition) is 2. The van der Waals surface area contributed by atoms with Gasteiger partial charge in [-0.25, -0.2) is 0 Å². The highest BCUT2D eigenvalue weighted by Gasteiger charge is 2.30. The van der Waals surface area contributed by atoms with Gasteiger partial charge in [-0.15, -0.1) is 0 Å². The highest BCUT2D eigenvalue weighted by atomic mass is 16.5. The third kappa shape index (κ3) is 2.71. The number of carbonyl (C=O) groups excluding carboxylic acids is 1. The highest BCUT2D eigenvalue weighted by molar-refractivity contribution is 5.97. The Morgan fingerprint density at radius 1 is 1.18 bits per heavy atom. The number of para-hydroxylation sites is 1. The van der Waals surface area contributed by atoms with Crippen molar-refractivity contribution >= 4 is 11.6 Å². The maximum absolute atomic E-state index is 12.5. The highest BCUT2D eigenvalue weighted by Crippen LogP contribution is 2.31. The molecule has 0 radical (unpaired) electrons. The maximum atomic E-state index is 12.5. The second kappa shape index (κ2) is 5.84. The zero-order valence-electron chi connectivity index (χ0n) is 13.3. The minimum atomic E-state index is 0.00989. The van der Waals surface area contributed by atoms with E-state index in [9.17, 15) is 4.79 Å². The maximum Gasteiger partial charge on any atom is 0.265 e. The molecule has 1 aliphatic heterocycles. The van der Waals surface area contributed by atoms with Gasteiger partial charge < -0.3 is 9.64 Å². The number of carbonyl (C=O) groups is 1. The summed E-state index contributed by atoms with van der Waals surface area (Å²) in [5.74, 6) is 0.757. The molecule has 0 saturated carbocycles. The standard InChI is InChI=1S/C19H21NO2/c1-13-8-9-17(10-14(13)2)22-12-19(21)20-15(3)11-16-6-4-5-7-18(16)20/h4-10,15H,11-12H2,1-3H3/t15-/m1/s1. The van der Waals surface area contributed by atoms with E-state index in [1.807, 2.05) is 48.2 Å². The molecule has 1 aliphatic rings. The van der Waals surface area contributed by atoms with E-state index in [-0.39, 0.29) is 18.6 Å². The number of aryl methyl sites for hydroxylation is 2. The average molecular weight is 295 g/mol. The summed E-state index contributed by atoms with van der Waals surface area (Å²) in [6.07, 6.45) is 0.908. The van der Waals surface area contributed by atoms with Crippen molar-refractivity contribution in [1.29, 1.82) is 0 Å². The Morgan fingerprint density at radius 2 is 1.95 bits per heavy atom. The molecular formula is C19H21NO2. The molecule has 0 bridgehead atoms. The predicted octanol–water partition coefficient (Wildman–Crippen LogP) is 3.66. The Balaban J connectivity index is 1.71. The van der Waals surface area contributed by atoms with E-state index in [1.54, 1.807) is 0 Å². The van der Waals surface area contributed by atoms with Gasteiger partial charge in [0.2, 0.25) is 0 Å². The van der Waals surface area contributed by atoms with Gasteiger partial charge in [0.1, 0.15) is 5.75 Å². The quantitative estimate of drug-likeness (QED) is 0.865. The van der Waals surface area contributed by atoms with Crippen molar-refractivity contribution in [2.75, 3.05) is 11.5 Å². The third-order valence-electron chi connectivity index (χ3n) is 4.32. The Bertz CT molecular complexity index is 708. The lowest BCUT2D eigenvalue weighted by atomic mass is 10.1. The van der Waals surface area contributed by atoms with E-state index in [4.69, 9.17) is 4.74 Å². The van der Waals surface area contributed by atoms with Crippen LogP contribution in [0.2, 0.25) is 0 Å². The normalized spacial score (nSPS) is 16.5. The fourth-order valence-electron chi connectivity index (χ4n) is 2.96. The lowest BCUT2D eigenvalue weighted by Gasteiger charge is -2.22. The molecule has 0 aromatic heterocycles. The smallest absolute Gasteiger partial charge is 0.265 e. The van der Waals surface area contributed by atoms with Gasteiger partial charge in [0, 0.05) is 11.7 Å². The third-order valence-corrected chi connectivity index (χ3v) is 4.32. The fraction of sp³-hybridized carbons (Fsp3) is 0.316. The Kier molecular flexibility index (Phi) is 3.88. The first-order valence-electron chi connectivity index (χ1n) is 7.66. The number of amides is 1. The van der Waals surface area contributed by atoms with E-state index < -0.39 is 0 Å². The number of hydrogen-bond donors (Lipinski definition) is 0. The van der Waals surface area contributed by atoms with Crippen molar-refractivity contribution in [3.63, 3.8) is 0 Å². The summed E-state index contributed by atoms with van der Waals surface area (Å²) in [4.78, 5) is 14.4. The first-order chi connectivity index (χ1) is 10.6. The summed E-state index contributed by atoms with van der Waals surface area (Å²) >= 11 is 0. The van der Waals surface area contributed by atoms with Crippen LogP contribution >= 0.6 is 0 Å². The molecule has 114 valence electrons. The lowest BCUT2D eigenvalue weighted by Crippen LogP contribution is -2.39. The molecule has 3 rings (SSSR count). The first-order valence-corrected chi connectivity index (χ1v) is 7.66. The summed E-state index contributed by atoms with van der Waals surface area (Å²) < 4.78 is 5.69. The van der Waals surface area contributed by atoms with Crippen LogP contribution in [0, 0.1) is 13.8 Å². The van der Waals surface area contributed by atoms with E-state index >= 15 is 0 Å². The molecule has 3 nitrogen and oxygen atoms in total. The van der Waals surface area contributed by atoms with Gasteiger partial charge in [-0.3, -0.25) is 4.79 Å². The molecule has 2 aromatic carbocycles. The van der Waals surface area contributed by atoms with Crippen LogP contribution in [-0.2, 0) is 11.2 Å². The second-order valence-corrected chi connectivity index (χ2v) is 5.98. The molecule has 0 saturated heterocycles. The zero-order chi connectivity index (χ0) is 15.7. The number of anilines is 1. The topological polar surface area (TPSA) is 29.5 Å². The molecule has 1 amide bonds. The van der Waals surface area contributed by atoms with Gasteiger partial charge in [0.05, 0.1) is 0 Å². The Hall–Kier alpha value is -2.29. The molecule has 3 heteroatoms. The zero-order valence-corrected chi connectivity index (χ0v) is 13.3. The van der Waals surface area contributed by atoms with Crippen LogP contribution in [0.25, 0.3) is 0 Å². The number of rotatable bonds is 3. The van der Waals surface area contributed by atoms with Crippen LogP contribution in [0.1, 0.15) is 23.6 Å². The predicted molar refractivity (Wildman–Crippen MR) is 88.5 cm³/mol. The number of ether oxygens (including phenoxy) is 1. The van der Waals surface area contributed by atoms with Crippen molar-refractivity contribution in [2.24, 2.45) is 0 Å². The minimum absolute atomic E-state index is 0.00989. The second-order valence-electron chi connectivity index (χ2n) is 5.98.